The maximum atomic E-state index is 14.3. The molecule has 21 heteroatoms. The van der Waals surface area contributed by atoms with Gasteiger partial charge in [0, 0.05) is 33.5 Å². The van der Waals surface area contributed by atoms with Crippen LogP contribution in [0.25, 0.3) is 16.8 Å². The first-order valence-corrected chi connectivity index (χ1v) is 24.7. The fourth-order valence-electron chi connectivity index (χ4n) is 7.26. The first kappa shape index (κ1) is 53.0. The van der Waals surface area contributed by atoms with Crippen molar-refractivity contribution in [2.45, 2.75) is 96.8 Å². The number of anilines is 1. The fraction of sp³-hybridized carbons (Fsp3) is 0.327. The van der Waals surface area contributed by atoms with E-state index in [0.29, 0.717) is 34.2 Å². The van der Waals surface area contributed by atoms with Gasteiger partial charge in [-0.05, 0) is 96.4 Å². The van der Waals surface area contributed by atoms with Crippen LogP contribution in [0.15, 0.2) is 107 Å². The van der Waals surface area contributed by atoms with Crippen molar-refractivity contribution in [1.29, 1.82) is 0 Å². The molecule has 7 rings (SSSR count). The number of pyridine rings is 1. The van der Waals surface area contributed by atoms with Gasteiger partial charge in [-0.3, -0.25) is 19.8 Å². The highest BCUT2D eigenvalue weighted by molar-refractivity contribution is 8.00. The second kappa shape index (κ2) is 21.5. The van der Waals surface area contributed by atoms with Gasteiger partial charge in [-0.1, -0.05) is 53.7 Å². The third-order valence-electron chi connectivity index (χ3n) is 10.9. The van der Waals surface area contributed by atoms with Crippen LogP contribution < -0.4 is 19.9 Å². The van der Waals surface area contributed by atoms with Crippen LogP contribution in [0.1, 0.15) is 88.1 Å². The number of carboxylic acid groups (broad SMARTS) is 1. The molecule has 4 heterocycles. The highest BCUT2D eigenvalue weighted by Gasteiger charge is 2.54. The lowest BCUT2D eigenvalue weighted by atomic mass is 10.0. The first-order valence-electron chi connectivity index (χ1n) is 22.8. The number of carbonyl (C=O) groups is 6. The fourth-order valence-corrected chi connectivity index (χ4v) is 9.26. The molecule has 4 N–H and O–H groups in total. The monoisotopic (exact) mass is 1040 g/mol. The van der Waals surface area contributed by atoms with Crippen molar-refractivity contribution in [3.05, 3.63) is 130 Å². The Morgan fingerprint density at radius 3 is 2.25 bits per heavy atom. The molecule has 3 amide bonds. The molecule has 3 aromatic carbocycles. The Kier molecular flexibility index (Phi) is 15.6. The van der Waals surface area contributed by atoms with Crippen molar-refractivity contribution in [1.82, 2.24) is 15.2 Å². The van der Waals surface area contributed by atoms with Crippen LogP contribution in [0.5, 0.6) is 11.5 Å². The van der Waals surface area contributed by atoms with Crippen molar-refractivity contribution in [3.63, 3.8) is 0 Å². The van der Waals surface area contributed by atoms with E-state index < -0.39 is 69.7 Å². The number of oxime groups is 1. The summed E-state index contributed by atoms with van der Waals surface area (Å²) in [6.07, 6.45) is 6.35. The minimum Gasteiger partial charge on any atom is -0.506 e. The van der Waals surface area contributed by atoms with Crippen LogP contribution in [-0.4, -0.2) is 103 Å². The number of fused-ring (bicyclic) bond motifs is 2. The SMILES string of the molecule is COc1ccc(COC(=O)C2=C(/C=C/c3ccc(C[n+]4ccc5c(O)c(C(=O)O)ccc5c4)cc3)CS[C@@H]3[C@H](NC(=O)/C(=N\OC(C)(C)C(=O)OC(C)(C)C)c4csc(NC(=O)OC(C)(C)C)n4)C(=O)N23)cc1. The standard InChI is InChI=1S/C52H54N6O13S2/c1-50(2,3)69-47(65)52(7,8)71-56-38(37-28-73-48(53-37)55-49(66)70-51(4,5)6)42(60)54-39-43(61)58-40(46(64)68-26-31-15-19-34(67-9)20-16-31)33(27-72-44(39)58)17-14-29-10-12-30(13-11-29)24-57-23-22-35-32(25-57)18-21-36(41(35)59)45(62)63/h10-23,25,28,39,44H,24,26-27H2,1-9H3,(H3-,53,54,55,59,60,62,63,66)/p+1/b17-14+,56-38-/t39-,44-/m1/s1. The van der Waals surface area contributed by atoms with E-state index in [-0.39, 0.29) is 40.2 Å². The number of benzene rings is 3. The lowest BCUT2D eigenvalue weighted by molar-refractivity contribution is -0.687. The average Bonchev–Trinajstić information content (AvgIpc) is 3.78. The number of hydrogen-bond donors (Lipinski definition) is 4. The van der Waals surface area contributed by atoms with Gasteiger partial charge in [0.15, 0.2) is 29.8 Å². The molecule has 19 nitrogen and oxygen atoms in total. The van der Waals surface area contributed by atoms with E-state index >= 15 is 0 Å². The van der Waals surface area contributed by atoms with Gasteiger partial charge < -0.3 is 39.3 Å². The molecule has 0 unspecified atom stereocenters. The summed E-state index contributed by atoms with van der Waals surface area (Å²) in [5, 5.41) is 31.0. The molecule has 2 aliphatic rings. The van der Waals surface area contributed by atoms with E-state index in [1.165, 1.54) is 42.0 Å². The number of aromatic nitrogens is 2. The number of nitrogens with zero attached hydrogens (tertiary/aromatic N) is 4. The number of nitrogens with one attached hydrogen (secondary N) is 2. The topological polar surface area (TPSA) is 245 Å². The van der Waals surface area contributed by atoms with Crippen molar-refractivity contribution in [3.8, 4) is 11.5 Å². The van der Waals surface area contributed by atoms with Crippen LogP contribution in [-0.2, 0) is 51.4 Å². The number of β-lactam (4-membered cyclic amide) rings is 1. The zero-order chi connectivity index (χ0) is 53.0. The van der Waals surface area contributed by atoms with E-state index in [9.17, 15) is 39.0 Å². The summed E-state index contributed by atoms with van der Waals surface area (Å²) < 4.78 is 23.8. The van der Waals surface area contributed by atoms with Gasteiger partial charge in [0.25, 0.3) is 11.8 Å². The number of allylic oxidation sites excluding steroid dienone is 1. The zero-order valence-electron chi connectivity index (χ0n) is 41.5. The van der Waals surface area contributed by atoms with Crippen LogP contribution in [0.4, 0.5) is 9.93 Å². The highest BCUT2D eigenvalue weighted by atomic mass is 32.2. The Hall–Kier alpha value is -7.78. The summed E-state index contributed by atoms with van der Waals surface area (Å²) >= 11 is 2.28. The molecule has 73 heavy (non-hydrogen) atoms. The summed E-state index contributed by atoms with van der Waals surface area (Å²) in [7, 11) is 1.54. The predicted molar refractivity (Wildman–Crippen MR) is 272 cm³/mol. The lowest BCUT2D eigenvalue weighted by Crippen LogP contribution is -2.71. The summed E-state index contributed by atoms with van der Waals surface area (Å²) in [5.74, 6) is -3.69. The molecule has 2 aliphatic heterocycles. The number of thioether (sulfide) groups is 1. The van der Waals surface area contributed by atoms with Gasteiger partial charge in [-0.25, -0.2) is 28.7 Å². The van der Waals surface area contributed by atoms with Crippen LogP contribution >= 0.6 is 23.1 Å². The van der Waals surface area contributed by atoms with Gasteiger partial charge in [-0.15, -0.1) is 23.1 Å². The first-order chi connectivity index (χ1) is 34.4. The van der Waals surface area contributed by atoms with Crippen LogP contribution in [0.2, 0.25) is 0 Å². The Bertz CT molecular complexity index is 3060. The number of aromatic hydroxyl groups is 1. The molecule has 1 saturated heterocycles. The molecule has 1 fully saturated rings. The molecule has 0 bridgehead atoms. The van der Waals surface area contributed by atoms with Crippen LogP contribution in [0.3, 0.4) is 0 Å². The molecule has 0 spiro atoms. The number of esters is 2. The zero-order valence-corrected chi connectivity index (χ0v) is 43.1. The predicted octanol–water partition coefficient (Wildman–Crippen LogP) is 7.34. The largest absolute Gasteiger partial charge is 0.506 e. The number of ether oxygens (including phenoxy) is 4. The molecule has 2 atom stereocenters. The molecular formula is C52H55N6O13S2+. The second-order valence-electron chi connectivity index (χ2n) is 19.3. The Morgan fingerprint density at radius 2 is 1.59 bits per heavy atom. The van der Waals surface area contributed by atoms with Gasteiger partial charge >= 0.3 is 24.0 Å². The molecule has 0 saturated carbocycles. The number of carbonyl (C=O) groups excluding carboxylic acids is 5. The number of rotatable bonds is 16. The van der Waals surface area contributed by atoms with Gasteiger partial charge in [0.05, 0.1) is 7.11 Å². The summed E-state index contributed by atoms with van der Waals surface area (Å²) in [6.45, 7) is 13.3. The van der Waals surface area contributed by atoms with Crippen molar-refractivity contribution >= 4 is 86.6 Å². The lowest BCUT2D eigenvalue weighted by Gasteiger charge is -2.49. The van der Waals surface area contributed by atoms with E-state index in [2.05, 4.69) is 20.8 Å². The number of phenols is 1. The second-order valence-corrected chi connectivity index (χ2v) is 21.3. The number of thiazole rings is 1. The third-order valence-corrected chi connectivity index (χ3v) is 12.9. The van der Waals surface area contributed by atoms with E-state index in [1.807, 2.05) is 41.1 Å². The summed E-state index contributed by atoms with van der Waals surface area (Å²) in [6, 6.07) is 18.2. The van der Waals surface area contributed by atoms with Crippen molar-refractivity contribution < 1.29 is 67.3 Å². The van der Waals surface area contributed by atoms with Crippen LogP contribution in [0, 0.1) is 0 Å². The maximum Gasteiger partial charge on any atom is 0.413 e. The minimum atomic E-state index is -1.69. The molecule has 0 aliphatic carbocycles. The smallest absolute Gasteiger partial charge is 0.413 e. The molecule has 2 aromatic heterocycles. The Balaban J connectivity index is 1.12. The average molecular weight is 1040 g/mol. The van der Waals surface area contributed by atoms with E-state index in [4.69, 9.17) is 23.8 Å². The molecule has 5 aromatic rings. The summed E-state index contributed by atoms with van der Waals surface area (Å²) in [4.78, 5) is 91.1. The van der Waals surface area contributed by atoms with E-state index in [0.717, 1.165) is 22.5 Å². The number of amides is 3. The third kappa shape index (κ3) is 13.0. The van der Waals surface area contributed by atoms with Gasteiger partial charge in [0.1, 0.15) is 57.7 Å². The van der Waals surface area contributed by atoms with E-state index in [1.54, 1.807) is 97.3 Å². The normalized spacial score (nSPS) is 16.1. The number of carboxylic acids is 1. The number of hydrogen-bond acceptors (Lipinski definition) is 16. The van der Waals surface area contributed by atoms with Gasteiger partial charge in [-0.2, -0.15) is 0 Å². The highest BCUT2D eigenvalue weighted by Crippen LogP contribution is 2.41. The van der Waals surface area contributed by atoms with Gasteiger partial charge in [0.2, 0.25) is 5.60 Å². The Labute approximate surface area is 428 Å². The van der Waals surface area contributed by atoms with Crippen molar-refractivity contribution in [2.24, 2.45) is 5.16 Å². The molecule has 382 valence electrons. The number of aromatic carboxylic acids is 1. The summed E-state index contributed by atoms with van der Waals surface area (Å²) in [5.41, 5.74) is -1.09. The molecule has 0 radical (unpaired) electrons. The molecular weight excluding hydrogens is 981 g/mol. The van der Waals surface area contributed by atoms with Crippen molar-refractivity contribution in [2.75, 3.05) is 18.2 Å². The maximum absolute atomic E-state index is 14.3. The number of methoxy groups -OCH3 is 1. The minimum absolute atomic E-state index is 0.00328. The Morgan fingerprint density at radius 1 is 0.904 bits per heavy atom. The quantitative estimate of drug-likeness (QED) is 0.0189.